The van der Waals surface area contributed by atoms with Gasteiger partial charge in [-0.05, 0) is 117 Å². The number of hydrogen-bond acceptors (Lipinski definition) is 7. The number of ether oxygens (including phenoxy) is 2. The zero-order chi connectivity index (χ0) is 25.7. The zero-order valence-corrected chi connectivity index (χ0v) is 24.0. The molecular weight excluding hydrogens is 708 g/mol. The molecule has 1 aromatic heterocycles. The number of anilines is 1. The van der Waals surface area contributed by atoms with E-state index in [-0.39, 0.29) is 18.1 Å². The Hall–Kier alpha value is -2.65. The predicted molar refractivity (Wildman–Crippen MR) is 155 cm³/mol. The lowest BCUT2D eigenvalue weighted by Gasteiger charge is -2.14. The number of thioether (sulfide) groups is 1. The molecule has 1 N–H and O–H groups in total. The lowest BCUT2D eigenvalue weighted by molar-refractivity contribution is -0.127. The highest BCUT2D eigenvalue weighted by atomic mass is 127. The third-order valence-electron chi connectivity index (χ3n) is 4.94. The van der Waals surface area contributed by atoms with Gasteiger partial charge >= 0.3 is 0 Å². The van der Waals surface area contributed by atoms with E-state index >= 15 is 0 Å². The van der Waals surface area contributed by atoms with Crippen LogP contribution in [0.25, 0.3) is 6.08 Å². The standard InChI is InChI=1S/C25H19I2N3O5S/c1-34-20-11-15(10-19(27)23(20)35-14-18-4-2-3-9-28-18)12-21-24(32)30(25(33)36-21)13-22(31)29-17-7-5-16(26)6-8-17/h2-12H,13-14H2,1H3,(H,29,31)/b21-12-. The molecule has 2 heterocycles. The minimum Gasteiger partial charge on any atom is -0.493 e. The van der Waals surface area contributed by atoms with Gasteiger partial charge in [0.15, 0.2) is 11.5 Å². The van der Waals surface area contributed by atoms with E-state index in [0.29, 0.717) is 22.7 Å². The summed E-state index contributed by atoms with van der Waals surface area (Å²) in [6.07, 6.45) is 3.30. The molecule has 0 radical (unpaired) electrons. The molecule has 0 unspecified atom stereocenters. The van der Waals surface area contributed by atoms with Gasteiger partial charge in [-0.3, -0.25) is 24.3 Å². The monoisotopic (exact) mass is 727 g/mol. The zero-order valence-electron chi connectivity index (χ0n) is 18.9. The molecule has 1 aliphatic rings. The first-order valence-electron chi connectivity index (χ1n) is 10.5. The number of hydrogen-bond donors (Lipinski definition) is 1. The average molecular weight is 727 g/mol. The number of amides is 3. The molecule has 1 fully saturated rings. The Morgan fingerprint density at radius 3 is 2.61 bits per heavy atom. The van der Waals surface area contributed by atoms with Gasteiger partial charge in [0, 0.05) is 15.5 Å². The Bertz CT molecular complexity index is 1330. The summed E-state index contributed by atoms with van der Waals surface area (Å²) in [6.45, 7) is -0.0924. The molecule has 1 aliphatic heterocycles. The van der Waals surface area contributed by atoms with E-state index in [4.69, 9.17) is 9.47 Å². The molecule has 184 valence electrons. The minimum absolute atomic E-state index is 0.224. The van der Waals surface area contributed by atoms with Gasteiger partial charge in [0.05, 0.1) is 21.3 Å². The van der Waals surface area contributed by atoms with Gasteiger partial charge in [0.25, 0.3) is 11.1 Å². The SMILES string of the molecule is COc1cc(/C=C2\SC(=O)N(CC(=O)Nc3ccc(I)cc3)C2=O)cc(I)c1OCc1ccccn1. The number of nitrogens with zero attached hydrogens (tertiary/aromatic N) is 2. The van der Waals surface area contributed by atoms with E-state index in [1.165, 1.54) is 7.11 Å². The van der Waals surface area contributed by atoms with Gasteiger partial charge in [-0.1, -0.05) is 6.07 Å². The Kier molecular flexibility index (Phi) is 8.85. The highest BCUT2D eigenvalue weighted by molar-refractivity contribution is 14.1. The van der Waals surface area contributed by atoms with Crippen LogP contribution in [0.5, 0.6) is 11.5 Å². The molecular formula is C25H19I2N3O5S. The second-order valence-electron chi connectivity index (χ2n) is 7.47. The van der Waals surface area contributed by atoms with Crippen LogP contribution in [0, 0.1) is 7.14 Å². The minimum atomic E-state index is -0.521. The van der Waals surface area contributed by atoms with Gasteiger partial charge in [-0.2, -0.15) is 0 Å². The molecule has 0 atom stereocenters. The van der Waals surface area contributed by atoms with Crippen molar-refractivity contribution in [3.05, 3.63) is 84.1 Å². The molecule has 1 saturated heterocycles. The second kappa shape index (κ2) is 12.1. The fourth-order valence-corrected chi connectivity index (χ4v) is 5.24. The molecule has 11 heteroatoms. The van der Waals surface area contributed by atoms with Crippen molar-refractivity contribution in [1.82, 2.24) is 9.88 Å². The summed E-state index contributed by atoms with van der Waals surface area (Å²) in [5, 5.41) is 2.20. The van der Waals surface area contributed by atoms with E-state index in [2.05, 4.69) is 55.5 Å². The molecule has 4 rings (SSSR count). The summed E-state index contributed by atoms with van der Waals surface area (Å²) in [7, 11) is 1.53. The van der Waals surface area contributed by atoms with Crippen LogP contribution >= 0.6 is 56.9 Å². The number of rotatable bonds is 8. The largest absolute Gasteiger partial charge is 0.493 e. The fraction of sp³-hybridized carbons (Fsp3) is 0.120. The molecule has 8 nitrogen and oxygen atoms in total. The molecule has 0 spiro atoms. The summed E-state index contributed by atoms with van der Waals surface area (Å²) in [5.74, 6) is 0.0686. The van der Waals surface area contributed by atoms with E-state index in [1.54, 1.807) is 30.5 Å². The average Bonchev–Trinajstić information content (AvgIpc) is 3.12. The molecule has 0 aliphatic carbocycles. The highest BCUT2D eigenvalue weighted by Crippen LogP contribution is 2.37. The number of methoxy groups -OCH3 is 1. The first-order chi connectivity index (χ1) is 17.3. The van der Waals surface area contributed by atoms with Gasteiger partial charge < -0.3 is 14.8 Å². The topological polar surface area (TPSA) is 97.8 Å². The third-order valence-corrected chi connectivity index (χ3v) is 7.37. The predicted octanol–water partition coefficient (Wildman–Crippen LogP) is 5.55. The summed E-state index contributed by atoms with van der Waals surface area (Å²) >= 11 is 5.09. The first kappa shape index (κ1) is 26.4. The number of pyridine rings is 1. The smallest absolute Gasteiger partial charge is 0.294 e. The Balaban J connectivity index is 1.46. The number of nitrogens with one attached hydrogen (secondary N) is 1. The van der Waals surface area contributed by atoms with Gasteiger partial charge in [0.1, 0.15) is 13.2 Å². The molecule has 3 amide bonds. The first-order valence-corrected chi connectivity index (χ1v) is 13.5. The number of halogens is 2. The Morgan fingerprint density at radius 2 is 1.92 bits per heavy atom. The summed E-state index contributed by atoms with van der Waals surface area (Å²) in [4.78, 5) is 43.2. The summed E-state index contributed by atoms with van der Waals surface area (Å²) in [6, 6.07) is 16.4. The quantitative estimate of drug-likeness (QED) is 0.240. The van der Waals surface area contributed by atoms with Crippen LogP contribution in [-0.2, 0) is 16.2 Å². The summed E-state index contributed by atoms with van der Waals surface area (Å²) in [5.41, 5.74) is 2.03. The van der Waals surface area contributed by atoms with Crippen LogP contribution in [0.4, 0.5) is 10.5 Å². The molecule has 0 bridgehead atoms. The Labute approximate surface area is 239 Å². The number of benzene rings is 2. The number of carbonyl (C=O) groups is 3. The molecule has 2 aromatic carbocycles. The second-order valence-corrected chi connectivity index (χ2v) is 10.9. The lowest BCUT2D eigenvalue weighted by atomic mass is 10.2. The number of imide groups is 1. The molecule has 0 saturated carbocycles. The van der Waals surface area contributed by atoms with Crippen LogP contribution in [0.3, 0.4) is 0 Å². The molecule has 3 aromatic rings. The maximum absolute atomic E-state index is 12.9. The van der Waals surface area contributed by atoms with Crippen molar-refractivity contribution < 1.29 is 23.9 Å². The van der Waals surface area contributed by atoms with Crippen LogP contribution in [-0.4, -0.2) is 40.6 Å². The molecule has 36 heavy (non-hydrogen) atoms. The third kappa shape index (κ3) is 6.56. The van der Waals surface area contributed by atoms with Crippen molar-refractivity contribution in [2.45, 2.75) is 6.61 Å². The van der Waals surface area contributed by atoms with Gasteiger partial charge in [-0.25, -0.2) is 0 Å². The maximum atomic E-state index is 12.9. The van der Waals surface area contributed by atoms with Crippen molar-refractivity contribution in [3.8, 4) is 11.5 Å². The van der Waals surface area contributed by atoms with Crippen molar-refractivity contribution in [3.63, 3.8) is 0 Å². The van der Waals surface area contributed by atoms with E-state index in [1.807, 2.05) is 36.4 Å². The van der Waals surface area contributed by atoms with Crippen LogP contribution in [0.2, 0.25) is 0 Å². The highest BCUT2D eigenvalue weighted by Gasteiger charge is 2.36. The Morgan fingerprint density at radius 1 is 1.14 bits per heavy atom. The number of aromatic nitrogens is 1. The maximum Gasteiger partial charge on any atom is 0.294 e. The van der Waals surface area contributed by atoms with Crippen LogP contribution < -0.4 is 14.8 Å². The van der Waals surface area contributed by atoms with Crippen LogP contribution in [0.15, 0.2) is 65.7 Å². The fourth-order valence-electron chi connectivity index (χ4n) is 3.26. The van der Waals surface area contributed by atoms with Crippen molar-refractivity contribution in [1.29, 1.82) is 0 Å². The van der Waals surface area contributed by atoms with Crippen LogP contribution in [0.1, 0.15) is 11.3 Å². The van der Waals surface area contributed by atoms with Crippen molar-refractivity contribution in [2.75, 3.05) is 19.0 Å². The summed E-state index contributed by atoms with van der Waals surface area (Å²) < 4.78 is 13.2. The van der Waals surface area contributed by atoms with Crippen molar-refractivity contribution >= 4 is 85.8 Å². The normalized spacial score (nSPS) is 14.3. The van der Waals surface area contributed by atoms with E-state index in [9.17, 15) is 14.4 Å². The number of carbonyl (C=O) groups excluding carboxylic acids is 3. The van der Waals surface area contributed by atoms with E-state index in [0.717, 1.165) is 29.5 Å². The van der Waals surface area contributed by atoms with Crippen molar-refractivity contribution in [2.24, 2.45) is 0 Å². The van der Waals surface area contributed by atoms with E-state index < -0.39 is 17.1 Å². The van der Waals surface area contributed by atoms with Gasteiger partial charge in [-0.15, -0.1) is 0 Å². The van der Waals surface area contributed by atoms with Gasteiger partial charge in [0.2, 0.25) is 5.91 Å². The lowest BCUT2D eigenvalue weighted by Crippen LogP contribution is -2.36.